The van der Waals surface area contributed by atoms with Gasteiger partial charge in [0.25, 0.3) is 5.91 Å². The van der Waals surface area contributed by atoms with E-state index in [1.807, 2.05) is 11.8 Å². The molecule has 0 spiro atoms. The molecule has 0 unspecified atom stereocenters. The number of carbonyl (C=O) groups excluding carboxylic acids is 1. The van der Waals surface area contributed by atoms with Crippen molar-refractivity contribution < 1.29 is 9.18 Å². The van der Waals surface area contributed by atoms with Crippen molar-refractivity contribution in [2.45, 2.75) is 4.90 Å². The number of nitrogens with one attached hydrogen (secondary N) is 1. The van der Waals surface area contributed by atoms with Gasteiger partial charge in [-0.25, -0.2) is 4.39 Å². The lowest BCUT2D eigenvalue weighted by atomic mass is 10.2. The maximum Gasteiger partial charge on any atom is 0.254 e. The Morgan fingerprint density at radius 2 is 2.16 bits per heavy atom. The number of thiol groups is 1. The van der Waals surface area contributed by atoms with E-state index in [0.29, 0.717) is 11.4 Å². The maximum absolute atomic E-state index is 13.5. The minimum atomic E-state index is -0.510. The predicted octanol–water partition coefficient (Wildman–Crippen LogP) is 1.89. The number of thioether (sulfide) groups is 1. The van der Waals surface area contributed by atoms with Crippen molar-refractivity contribution in [3.05, 3.63) is 29.6 Å². The Morgan fingerprint density at radius 3 is 2.89 bits per heavy atom. The van der Waals surface area contributed by atoms with Gasteiger partial charge in [-0.2, -0.15) is 11.8 Å². The third-order valence-electron chi connectivity index (χ3n) is 3.01. The molecular weight excluding hydrogens is 283 g/mol. The van der Waals surface area contributed by atoms with E-state index >= 15 is 0 Å². The molecule has 1 aromatic rings. The number of carbonyl (C=O) groups is 1. The molecule has 104 valence electrons. The van der Waals surface area contributed by atoms with E-state index in [0.717, 1.165) is 31.1 Å². The molecule has 0 saturated carbocycles. The first kappa shape index (κ1) is 14.7. The van der Waals surface area contributed by atoms with Crippen molar-refractivity contribution in [2.24, 2.45) is 0 Å². The minimum absolute atomic E-state index is 0.0571. The van der Waals surface area contributed by atoms with Crippen LogP contribution in [-0.2, 0) is 0 Å². The van der Waals surface area contributed by atoms with Crippen LogP contribution in [0.15, 0.2) is 23.1 Å². The van der Waals surface area contributed by atoms with E-state index in [9.17, 15) is 9.18 Å². The molecule has 1 aromatic carbocycles. The predicted molar refractivity (Wildman–Crippen MR) is 79.8 cm³/mol. The summed E-state index contributed by atoms with van der Waals surface area (Å²) in [6, 6.07) is 4.24. The van der Waals surface area contributed by atoms with Crippen LogP contribution in [0.5, 0.6) is 0 Å². The Morgan fingerprint density at radius 1 is 1.42 bits per heavy atom. The van der Waals surface area contributed by atoms with E-state index in [4.69, 9.17) is 0 Å². The van der Waals surface area contributed by atoms with E-state index in [1.165, 1.54) is 18.2 Å². The highest BCUT2D eigenvalue weighted by molar-refractivity contribution is 7.99. The van der Waals surface area contributed by atoms with Gasteiger partial charge in [0.1, 0.15) is 5.82 Å². The lowest BCUT2D eigenvalue weighted by molar-refractivity contribution is 0.0944. The van der Waals surface area contributed by atoms with Crippen LogP contribution in [0.2, 0.25) is 0 Å². The summed E-state index contributed by atoms with van der Waals surface area (Å²) < 4.78 is 13.5. The van der Waals surface area contributed by atoms with Gasteiger partial charge >= 0.3 is 0 Å². The van der Waals surface area contributed by atoms with E-state index in [1.54, 1.807) is 0 Å². The van der Waals surface area contributed by atoms with Gasteiger partial charge in [-0.1, -0.05) is 0 Å². The molecule has 0 aliphatic carbocycles. The molecule has 3 nitrogen and oxygen atoms in total. The first-order valence-corrected chi connectivity index (χ1v) is 7.84. The van der Waals surface area contributed by atoms with Crippen LogP contribution in [0.25, 0.3) is 0 Å². The molecule has 1 amide bonds. The summed E-state index contributed by atoms with van der Waals surface area (Å²) in [5, 5.41) is 2.75. The molecule has 1 heterocycles. The summed E-state index contributed by atoms with van der Waals surface area (Å²) in [5.74, 6) is 1.40. The zero-order valence-electron chi connectivity index (χ0n) is 10.6. The second-order valence-electron chi connectivity index (χ2n) is 4.37. The van der Waals surface area contributed by atoms with Gasteiger partial charge in [0, 0.05) is 42.6 Å². The second kappa shape index (κ2) is 7.17. The third-order valence-corrected chi connectivity index (χ3v) is 4.23. The van der Waals surface area contributed by atoms with Gasteiger partial charge in [-0.05, 0) is 18.2 Å². The van der Waals surface area contributed by atoms with Gasteiger partial charge in [-0.15, -0.1) is 12.6 Å². The fourth-order valence-corrected chi connectivity index (χ4v) is 3.12. The van der Waals surface area contributed by atoms with Crippen molar-refractivity contribution >= 4 is 30.3 Å². The summed E-state index contributed by atoms with van der Waals surface area (Å²) in [6.07, 6.45) is 0. The Labute approximate surface area is 122 Å². The highest BCUT2D eigenvalue weighted by atomic mass is 32.2. The van der Waals surface area contributed by atoms with Crippen molar-refractivity contribution in [1.29, 1.82) is 0 Å². The Balaban J connectivity index is 1.82. The fraction of sp³-hybridized carbons (Fsp3) is 0.462. The molecule has 1 fully saturated rings. The lowest BCUT2D eigenvalue weighted by Crippen LogP contribution is -2.39. The van der Waals surface area contributed by atoms with Crippen LogP contribution in [0.4, 0.5) is 4.39 Å². The molecule has 0 radical (unpaired) electrons. The molecule has 19 heavy (non-hydrogen) atoms. The molecule has 1 aliphatic heterocycles. The van der Waals surface area contributed by atoms with Crippen LogP contribution in [-0.4, -0.2) is 48.5 Å². The lowest BCUT2D eigenvalue weighted by Gasteiger charge is -2.26. The minimum Gasteiger partial charge on any atom is -0.351 e. The zero-order valence-corrected chi connectivity index (χ0v) is 12.3. The van der Waals surface area contributed by atoms with E-state index in [-0.39, 0.29) is 11.5 Å². The topological polar surface area (TPSA) is 32.3 Å². The molecule has 0 aromatic heterocycles. The maximum atomic E-state index is 13.5. The average molecular weight is 300 g/mol. The van der Waals surface area contributed by atoms with E-state index in [2.05, 4.69) is 22.8 Å². The molecular formula is C13H17FN2OS2. The second-order valence-corrected chi connectivity index (χ2v) is 6.12. The summed E-state index contributed by atoms with van der Waals surface area (Å²) in [5.41, 5.74) is 0.0571. The van der Waals surface area contributed by atoms with Gasteiger partial charge in [0.05, 0.1) is 5.56 Å². The number of hydrogen-bond acceptors (Lipinski definition) is 4. The third kappa shape index (κ3) is 4.40. The SMILES string of the molecule is O=C(NCCN1CCSCC1)c1cc(S)ccc1F. The summed E-state index contributed by atoms with van der Waals surface area (Å²) >= 11 is 6.06. The van der Waals surface area contributed by atoms with Crippen molar-refractivity contribution in [3.8, 4) is 0 Å². The van der Waals surface area contributed by atoms with Crippen molar-refractivity contribution in [3.63, 3.8) is 0 Å². The van der Waals surface area contributed by atoms with Crippen LogP contribution in [0.3, 0.4) is 0 Å². The van der Waals surface area contributed by atoms with Crippen molar-refractivity contribution in [2.75, 3.05) is 37.7 Å². The van der Waals surface area contributed by atoms with E-state index < -0.39 is 5.82 Å². The summed E-state index contributed by atoms with van der Waals surface area (Å²) in [6.45, 7) is 3.47. The quantitative estimate of drug-likeness (QED) is 0.833. The van der Waals surface area contributed by atoms with Gasteiger partial charge < -0.3 is 5.32 Å². The smallest absolute Gasteiger partial charge is 0.254 e. The highest BCUT2D eigenvalue weighted by Crippen LogP contribution is 2.13. The van der Waals surface area contributed by atoms with Crippen LogP contribution in [0, 0.1) is 5.82 Å². The first-order valence-electron chi connectivity index (χ1n) is 6.23. The molecule has 2 rings (SSSR count). The fourth-order valence-electron chi connectivity index (χ4n) is 1.93. The molecule has 6 heteroatoms. The van der Waals surface area contributed by atoms with Crippen LogP contribution in [0.1, 0.15) is 10.4 Å². The summed E-state index contributed by atoms with van der Waals surface area (Å²) in [4.78, 5) is 14.7. The standard InChI is InChI=1S/C13H17FN2OS2/c14-12-2-1-10(18)9-11(12)13(17)15-3-4-16-5-7-19-8-6-16/h1-2,9,18H,3-8H2,(H,15,17). The monoisotopic (exact) mass is 300 g/mol. The molecule has 0 bridgehead atoms. The zero-order chi connectivity index (χ0) is 13.7. The van der Waals surface area contributed by atoms with Gasteiger partial charge in [0.2, 0.25) is 0 Å². The van der Waals surface area contributed by atoms with Crippen LogP contribution < -0.4 is 5.32 Å². The number of amides is 1. The number of nitrogens with zero attached hydrogens (tertiary/aromatic N) is 1. The molecule has 1 N–H and O–H groups in total. The normalized spacial score (nSPS) is 16.3. The largest absolute Gasteiger partial charge is 0.351 e. The average Bonchev–Trinajstić information content (AvgIpc) is 2.42. The molecule has 1 saturated heterocycles. The highest BCUT2D eigenvalue weighted by Gasteiger charge is 2.13. The van der Waals surface area contributed by atoms with Crippen LogP contribution >= 0.6 is 24.4 Å². The Bertz CT molecular complexity index is 450. The first-order chi connectivity index (χ1) is 9.16. The number of benzene rings is 1. The Hall–Kier alpha value is -0.720. The van der Waals surface area contributed by atoms with Gasteiger partial charge in [-0.3, -0.25) is 9.69 Å². The van der Waals surface area contributed by atoms with Gasteiger partial charge in [0.15, 0.2) is 0 Å². The number of hydrogen-bond donors (Lipinski definition) is 2. The summed E-state index contributed by atoms with van der Waals surface area (Å²) in [7, 11) is 0. The molecule has 0 atom stereocenters. The Kier molecular flexibility index (Phi) is 5.54. The molecule has 1 aliphatic rings. The number of halogens is 1. The number of rotatable bonds is 4. The van der Waals surface area contributed by atoms with Crippen molar-refractivity contribution in [1.82, 2.24) is 10.2 Å².